The number of rotatable bonds is 8. The van der Waals surface area contributed by atoms with Crippen LogP contribution in [0.4, 0.5) is 0 Å². The Morgan fingerprint density at radius 2 is 2.08 bits per heavy atom. The Morgan fingerprint density at radius 1 is 1.22 bits per heavy atom. The fourth-order valence-electron chi connectivity index (χ4n) is 4.47. The third kappa shape index (κ3) is 5.03. The summed E-state index contributed by atoms with van der Waals surface area (Å²) in [6, 6.07) is 8.30. The molecule has 1 fully saturated rings. The van der Waals surface area contributed by atoms with Gasteiger partial charge in [0.2, 0.25) is 5.88 Å². The lowest BCUT2D eigenvalue weighted by Gasteiger charge is -2.18. The Labute approximate surface area is 209 Å². The third-order valence-electron chi connectivity index (χ3n) is 6.26. The molecule has 1 atom stereocenters. The predicted octanol–water partition coefficient (Wildman–Crippen LogP) is 3.07. The van der Waals surface area contributed by atoms with Crippen molar-refractivity contribution in [3.63, 3.8) is 0 Å². The Hall–Kier alpha value is -3.94. The van der Waals surface area contributed by atoms with Crippen molar-refractivity contribution in [1.82, 2.24) is 29.0 Å². The van der Waals surface area contributed by atoms with Gasteiger partial charge >= 0.3 is 0 Å². The van der Waals surface area contributed by atoms with E-state index >= 15 is 0 Å². The maximum absolute atomic E-state index is 10.1. The Morgan fingerprint density at radius 3 is 2.81 bits per heavy atom. The van der Waals surface area contributed by atoms with Gasteiger partial charge in [0.1, 0.15) is 18.4 Å². The molecule has 1 saturated heterocycles. The molecule has 0 spiro atoms. The lowest BCUT2D eigenvalue weighted by atomic mass is 10.1. The summed E-state index contributed by atoms with van der Waals surface area (Å²) < 4.78 is 14.8. The summed E-state index contributed by atoms with van der Waals surface area (Å²) >= 11 is 0. The molecule has 10 nitrogen and oxygen atoms in total. The Bertz CT molecular complexity index is 1400. The highest BCUT2D eigenvalue weighted by molar-refractivity contribution is 5.83. The van der Waals surface area contributed by atoms with E-state index in [1.807, 2.05) is 36.9 Å². The predicted molar refractivity (Wildman–Crippen MR) is 133 cm³/mol. The van der Waals surface area contributed by atoms with Crippen LogP contribution in [0.2, 0.25) is 0 Å². The highest BCUT2D eigenvalue weighted by Crippen LogP contribution is 2.32. The SMILES string of the molecule is COc1ccc(CN2CC[C@@H](n3cnc(-c4cc(OCC(C)(C)O)cn5ncc(C#N)c45)c3)C2)cn1. The maximum atomic E-state index is 10.1. The first-order valence-corrected chi connectivity index (χ1v) is 11.8. The van der Waals surface area contributed by atoms with Crippen LogP contribution in [-0.2, 0) is 6.54 Å². The summed E-state index contributed by atoms with van der Waals surface area (Å²) in [4.78, 5) is 11.4. The average Bonchev–Trinajstić information content (AvgIpc) is 3.61. The summed E-state index contributed by atoms with van der Waals surface area (Å²) in [6.07, 6.45) is 10.00. The second-order valence-electron chi connectivity index (χ2n) is 9.75. The van der Waals surface area contributed by atoms with Crippen molar-refractivity contribution in [1.29, 1.82) is 5.26 Å². The molecule has 36 heavy (non-hydrogen) atoms. The summed E-state index contributed by atoms with van der Waals surface area (Å²) in [6.45, 7) is 6.22. The first kappa shape index (κ1) is 23.8. The molecule has 186 valence electrons. The molecule has 5 heterocycles. The molecule has 1 N–H and O–H groups in total. The number of pyridine rings is 2. The van der Waals surface area contributed by atoms with Crippen molar-refractivity contribution in [2.75, 3.05) is 26.8 Å². The lowest BCUT2D eigenvalue weighted by molar-refractivity contribution is 0.0283. The van der Waals surface area contributed by atoms with Gasteiger partial charge in [0.15, 0.2) is 0 Å². The van der Waals surface area contributed by atoms with Crippen molar-refractivity contribution in [2.45, 2.75) is 38.5 Å². The monoisotopic (exact) mass is 487 g/mol. The van der Waals surface area contributed by atoms with Gasteiger partial charge in [-0.3, -0.25) is 4.90 Å². The van der Waals surface area contributed by atoms with Crippen molar-refractivity contribution in [2.24, 2.45) is 0 Å². The summed E-state index contributed by atoms with van der Waals surface area (Å²) in [5.41, 5.74) is 2.82. The van der Waals surface area contributed by atoms with Crippen molar-refractivity contribution in [3.8, 4) is 29.0 Å². The number of nitrogens with zero attached hydrogens (tertiary/aromatic N) is 7. The summed E-state index contributed by atoms with van der Waals surface area (Å²) in [5, 5.41) is 24.0. The molecule has 0 radical (unpaired) electrons. The minimum atomic E-state index is -0.977. The fraction of sp³-hybridized carbons (Fsp3) is 0.385. The molecule has 1 aliphatic heterocycles. The topological polar surface area (TPSA) is 114 Å². The number of fused-ring (bicyclic) bond motifs is 1. The number of hydrogen-bond donors (Lipinski definition) is 1. The highest BCUT2D eigenvalue weighted by Gasteiger charge is 2.25. The van der Waals surface area contributed by atoms with Gasteiger partial charge in [-0.1, -0.05) is 6.07 Å². The molecule has 0 bridgehead atoms. The average molecular weight is 488 g/mol. The van der Waals surface area contributed by atoms with Crippen LogP contribution in [0.5, 0.6) is 11.6 Å². The number of likely N-dealkylation sites (tertiary alicyclic amines) is 1. The molecular weight excluding hydrogens is 458 g/mol. The van der Waals surface area contributed by atoms with Gasteiger partial charge in [-0.15, -0.1) is 0 Å². The van der Waals surface area contributed by atoms with E-state index in [9.17, 15) is 10.4 Å². The molecule has 0 aromatic carbocycles. The van der Waals surface area contributed by atoms with E-state index in [-0.39, 0.29) is 6.61 Å². The maximum Gasteiger partial charge on any atom is 0.212 e. The van der Waals surface area contributed by atoms with Gasteiger partial charge < -0.3 is 19.1 Å². The zero-order valence-electron chi connectivity index (χ0n) is 20.6. The molecule has 0 aliphatic carbocycles. The van der Waals surface area contributed by atoms with Crippen molar-refractivity contribution in [3.05, 3.63) is 60.4 Å². The number of aromatic nitrogens is 5. The van der Waals surface area contributed by atoms with E-state index < -0.39 is 5.60 Å². The van der Waals surface area contributed by atoms with E-state index in [0.29, 0.717) is 28.8 Å². The zero-order chi connectivity index (χ0) is 25.3. The van der Waals surface area contributed by atoms with E-state index in [2.05, 4.69) is 30.6 Å². The first-order chi connectivity index (χ1) is 17.3. The van der Waals surface area contributed by atoms with Crippen LogP contribution in [0.15, 0.2) is 49.3 Å². The molecule has 0 saturated carbocycles. The van der Waals surface area contributed by atoms with Gasteiger partial charge in [-0.05, 0) is 31.9 Å². The van der Waals surface area contributed by atoms with Crippen LogP contribution in [0.1, 0.15) is 37.4 Å². The van der Waals surface area contributed by atoms with Gasteiger partial charge in [0, 0.05) is 49.7 Å². The van der Waals surface area contributed by atoms with Crippen LogP contribution in [-0.4, -0.2) is 66.6 Å². The van der Waals surface area contributed by atoms with Gasteiger partial charge in [-0.2, -0.15) is 10.4 Å². The largest absolute Gasteiger partial charge is 0.489 e. The van der Waals surface area contributed by atoms with Crippen LogP contribution in [0.3, 0.4) is 0 Å². The van der Waals surface area contributed by atoms with E-state index in [1.54, 1.807) is 37.9 Å². The molecule has 4 aromatic rings. The Balaban J connectivity index is 1.37. The fourth-order valence-corrected chi connectivity index (χ4v) is 4.47. The highest BCUT2D eigenvalue weighted by atomic mass is 16.5. The minimum absolute atomic E-state index is 0.125. The van der Waals surface area contributed by atoms with Crippen molar-refractivity contribution >= 4 is 5.52 Å². The van der Waals surface area contributed by atoms with Gasteiger partial charge in [0.25, 0.3) is 0 Å². The standard InChI is InChI=1S/C26H29N7O3/c1-26(2,34)16-36-21-8-22(25-19(9-27)11-30-33(25)14-21)23-15-32(17-29-23)20-6-7-31(13-20)12-18-4-5-24(35-3)28-10-18/h4-5,8,10-11,14-15,17,20,34H,6-7,12-13,16H2,1-3H3/t20-/m1/s1. The lowest BCUT2D eigenvalue weighted by Crippen LogP contribution is -2.27. The minimum Gasteiger partial charge on any atom is -0.489 e. The summed E-state index contributed by atoms with van der Waals surface area (Å²) in [7, 11) is 1.62. The van der Waals surface area contributed by atoms with Crippen LogP contribution in [0.25, 0.3) is 16.8 Å². The first-order valence-electron chi connectivity index (χ1n) is 11.8. The molecule has 0 amide bonds. The third-order valence-corrected chi connectivity index (χ3v) is 6.26. The molecule has 0 unspecified atom stereocenters. The van der Waals surface area contributed by atoms with Crippen LogP contribution < -0.4 is 9.47 Å². The number of imidazole rings is 1. The van der Waals surface area contributed by atoms with E-state index in [1.165, 1.54) is 0 Å². The number of methoxy groups -OCH3 is 1. The molecule has 4 aromatic heterocycles. The summed E-state index contributed by atoms with van der Waals surface area (Å²) in [5.74, 6) is 1.16. The quantitative estimate of drug-likeness (QED) is 0.403. The number of ether oxygens (including phenoxy) is 2. The van der Waals surface area contributed by atoms with Crippen molar-refractivity contribution < 1.29 is 14.6 Å². The molecule has 5 rings (SSSR count). The second-order valence-corrected chi connectivity index (χ2v) is 9.75. The molecular formula is C26H29N7O3. The van der Waals surface area contributed by atoms with E-state index in [4.69, 9.17) is 9.47 Å². The molecule has 1 aliphatic rings. The number of hydrogen-bond acceptors (Lipinski definition) is 8. The van der Waals surface area contributed by atoms with E-state index in [0.717, 1.165) is 42.9 Å². The normalized spacial score (nSPS) is 16.4. The smallest absolute Gasteiger partial charge is 0.212 e. The van der Waals surface area contributed by atoms with Gasteiger partial charge in [-0.25, -0.2) is 14.5 Å². The number of aliphatic hydroxyl groups is 1. The van der Waals surface area contributed by atoms with Crippen LogP contribution in [0, 0.1) is 11.3 Å². The zero-order valence-corrected chi connectivity index (χ0v) is 20.6. The second kappa shape index (κ2) is 9.60. The van der Waals surface area contributed by atoms with Gasteiger partial charge in [0.05, 0.1) is 48.2 Å². The molecule has 10 heteroatoms. The van der Waals surface area contributed by atoms with Crippen LogP contribution >= 0.6 is 0 Å². The Kier molecular flexibility index (Phi) is 6.35. The number of nitriles is 1.